The summed E-state index contributed by atoms with van der Waals surface area (Å²) in [5, 5.41) is 0. The van der Waals surface area contributed by atoms with Crippen LogP contribution in [0.5, 0.6) is 5.75 Å². The van der Waals surface area contributed by atoms with Crippen molar-refractivity contribution < 1.29 is 27.1 Å². The van der Waals surface area contributed by atoms with Gasteiger partial charge in [0.25, 0.3) is 0 Å². The number of benzene rings is 1. The maximum Gasteiger partial charge on any atom is 0.573 e. The van der Waals surface area contributed by atoms with Crippen LogP contribution in [0.1, 0.15) is 15.9 Å². The van der Waals surface area contributed by atoms with Crippen LogP contribution < -0.4 is 4.74 Å². The van der Waals surface area contributed by atoms with Gasteiger partial charge in [-0.1, -0.05) is 0 Å². The van der Waals surface area contributed by atoms with Crippen LogP contribution in [-0.4, -0.2) is 12.6 Å². The number of carbonyl (C=O) groups is 1. The second kappa shape index (κ2) is 4.40. The minimum atomic E-state index is -4.90. The first-order valence-electron chi connectivity index (χ1n) is 3.95. The molecule has 1 rings (SSSR count). The van der Waals surface area contributed by atoms with E-state index in [1.54, 1.807) is 0 Å². The molecule has 0 amide bonds. The van der Waals surface area contributed by atoms with E-state index in [0.29, 0.717) is 0 Å². The van der Waals surface area contributed by atoms with Crippen molar-refractivity contribution in [2.45, 2.75) is 13.3 Å². The number of carbonyl (C=O) groups excluding carboxylic acids is 1. The van der Waals surface area contributed by atoms with Crippen LogP contribution >= 0.6 is 15.9 Å². The Morgan fingerprint density at radius 1 is 1.44 bits per heavy atom. The molecule has 0 radical (unpaired) electrons. The summed E-state index contributed by atoms with van der Waals surface area (Å²) in [5.74, 6) is -1.52. The molecular weight excluding hydrogens is 296 g/mol. The smallest absolute Gasteiger partial charge is 0.404 e. The Bertz CT molecular complexity index is 428. The molecule has 2 nitrogen and oxygen atoms in total. The highest BCUT2D eigenvalue weighted by atomic mass is 79.9. The molecule has 0 aliphatic rings. The molecule has 1 aromatic carbocycles. The number of rotatable bonds is 2. The van der Waals surface area contributed by atoms with Gasteiger partial charge in [-0.15, -0.1) is 13.2 Å². The number of alkyl halides is 3. The van der Waals surface area contributed by atoms with E-state index in [9.17, 15) is 22.4 Å². The lowest BCUT2D eigenvalue weighted by molar-refractivity contribution is -0.275. The minimum Gasteiger partial charge on any atom is -0.404 e. The number of halogens is 5. The van der Waals surface area contributed by atoms with Crippen molar-refractivity contribution >= 4 is 22.2 Å². The first kappa shape index (κ1) is 13.0. The predicted molar refractivity (Wildman–Crippen MR) is 50.9 cm³/mol. The molecule has 7 heteroatoms. The topological polar surface area (TPSA) is 26.3 Å². The summed E-state index contributed by atoms with van der Waals surface area (Å²) >= 11 is 2.70. The molecule has 0 aliphatic heterocycles. The van der Waals surface area contributed by atoms with Crippen molar-refractivity contribution in [1.29, 1.82) is 0 Å². The monoisotopic (exact) mass is 300 g/mol. The van der Waals surface area contributed by atoms with Gasteiger partial charge < -0.3 is 4.74 Å². The average Bonchev–Trinajstić information content (AvgIpc) is 2.11. The van der Waals surface area contributed by atoms with Crippen molar-refractivity contribution in [3.63, 3.8) is 0 Å². The molecule has 0 bridgehead atoms. The van der Waals surface area contributed by atoms with Crippen molar-refractivity contribution in [3.05, 3.63) is 27.5 Å². The molecule has 0 saturated carbocycles. The summed E-state index contributed by atoms with van der Waals surface area (Å²) < 4.78 is 52.5. The lowest BCUT2D eigenvalue weighted by Gasteiger charge is -2.14. The van der Waals surface area contributed by atoms with Crippen LogP contribution in [0, 0.1) is 12.7 Å². The maximum atomic E-state index is 13.1. The van der Waals surface area contributed by atoms with Crippen molar-refractivity contribution in [2.75, 3.05) is 0 Å². The van der Waals surface area contributed by atoms with Crippen LogP contribution in [0.4, 0.5) is 17.6 Å². The fraction of sp³-hybridized carbons (Fsp3) is 0.222. The number of aryl methyl sites for hydroxylation is 1. The number of hydrogen-bond acceptors (Lipinski definition) is 2. The third-order valence-corrected chi connectivity index (χ3v) is 2.52. The van der Waals surface area contributed by atoms with E-state index in [-0.39, 0.29) is 16.3 Å². The van der Waals surface area contributed by atoms with E-state index in [1.165, 1.54) is 6.92 Å². The number of ether oxygens (including phenoxy) is 1. The Hall–Kier alpha value is -1.11. The zero-order chi connectivity index (χ0) is 12.5. The molecule has 0 N–H and O–H groups in total. The van der Waals surface area contributed by atoms with Gasteiger partial charge in [0.2, 0.25) is 0 Å². The highest BCUT2D eigenvalue weighted by Crippen LogP contribution is 2.36. The number of hydrogen-bond donors (Lipinski definition) is 0. The molecule has 1 aromatic rings. The Morgan fingerprint density at radius 3 is 2.44 bits per heavy atom. The first-order chi connectivity index (χ1) is 7.26. The molecular formula is C9H5BrF4O2. The van der Waals surface area contributed by atoms with E-state index in [2.05, 4.69) is 20.7 Å². The Morgan fingerprint density at radius 2 is 2.00 bits per heavy atom. The van der Waals surface area contributed by atoms with E-state index >= 15 is 0 Å². The van der Waals surface area contributed by atoms with Crippen molar-refractivity contribution in [1.82, 2.24) is 0 Å². The van der Waals surface area contributed by atoms with Crippen LogP contribution in [0.2, 0.25) is 0 Å². The molecule has 0 atom stereocenters. The third kappa shape index (κ3) is 2.72. The van der Waals surface area contributed by atoms with E-state index < -0.39 is 23.5 Å². The quantitative estimate of drug-likeness (QED) is 0.616. The van der Waals surface area contributed by atoms with Crippen LogP contribution in [-0.2, 0) is 0 Å². The summed E-state index contributed by atoms with van der Waals surface area (Å²) in [7, 11) is 0. The Labute approximate surface area is 96.3 Å². The molecule has 0 aromatic heterocycles. The standard InChI is InChI=1S/C9H5BrF4O2/c1-4-2-6(11)5(3-15)7(10)8(4)16-9(12,13)14/h2-3H,1H3. The molecule has 0 spiro atoms. The summed E-state index contributed by atoms with van der Waals surface area (Å²) in [6.45, 7) is 1.24. The van der Waals surface area contributed by atoms with E-state index in [1.807, 2.05) is 0 Å². The lowest BCUT2D eigenvalue weighted by atomic mass is 10.1. The first-order valence-corrected chi connectivity index (χ1v) is 4.75. The SMILES string of the molecule is Cc1cc(F)c(C=O)c(Br)c1OC(F)(F)F. The van der Waals surface area contributed by atoms with Gasteiger partial charge in [-0.05, 0) is 34.5 Å². The van der Waals surface area contributed by atoms with Gasteiger partial charge in [-0.2, -0.15) is 0 Å². The van der Waals surface area contributed by atoms with Gasteiger partial charge in [0, 0.05) is 0 Å². The predicted octanol–water partition coefficient (Wildman–Crippen LogP) is 3.61. The van der Waals surface area contributed by atoms with Gasteiger partial charge in [0.1, 0.15) is 11.6 Å². The van der Waals surface area contributed by atoms with Crippen LogP contribution in [0.3, 0.4) is 0 Å². The normalized spacial score (nSPS) is 11.4. The summed E-state index contributed by atoms with van der Waals surface area (Å²) in [6.07, 6.45) is -4.78. The lowest BCUT2D eigenvalue weighted by Crippen LogP contribution is -2.18. The molecule has 0 unspecified atom stereocenters. The number of aldehydes is 1. The third-order valence-electron chi connectivity index (χ3n) is 1.73. The highest BCUT2D eigenvalue weighted by Gasteiger charge is 2.33. The summed E-state index contributed by atoms with van der Waals surface area (Å²) in [4.78, 5) is 10.5. The van der Waals surface area contributed by atoms with Gasteiger partial charge in [-0.3, -0.25) is 4.79 Å². The zero-order valence-electron chi connectivity index (χ0n) is 7.86. The van der Waals surface area contributed by atoms with E-state index in [0.717, 1.165) is 6.07 Å². The minimum absolute atomic E-state index is 0.0627. The zero-order valence-corrected chi connectivity index (χ0v) is 9.45. The molecule has 0 aliphatic carbocycles. The van der Waals surface area contributed by atoms with Crippen molar-refractivity contribution in [3.8, 4) is 5.75 Å². The second-order valence-corrected chi connectivity index (χ2v) is 3.69. The Kier molecular flexibility index (Phi) is 3.57. The van der Waals surface area contributed by atoms with Gasteiger partial charge in [0.15, 0.2) is 6.29 Å². The fourth-order valence-corrected chi connectivity index (χ4v) is 1.76. The Balaban J connectivity index is 3.34. The molecule has 0 fully saturated rings. The largest absolute Gasteiger partial charge is 0.573 e. The van der Waals surface area contributed by atoms with Gasteiger partial charge >= 0.3 is 6.36 Å². The molecule has 16 heavy (non-hydrogen) atoms. The van der Waals surface area contributed by atoms with Crippen molar-refractivity contribution in [2.24, 2.45) is 0 Å². The summed E-state index contributed by atoms with van der Waals surface area (Å²) in [6, 6.07) is 0.801. The summed E-state index contributed by atoms with van der Waals surface area (Å²) in [5.41, 5.74) is -0.572. The van der Waals surface area contributed by atoms with Gasteiger partial charge in [0.05, 0.1) is 10.0 Å². The molecule has 0 saturated heterocycles. The second-order valence-electron chi connectivity index (χ2n) is 2.90. The molecule has 0 heterocycles. The molecule has 88 valence electrons. The van der Waals surface area contributed by atoms with Crippen LogP contribution in [0.15, 0.2) is 10.5 Å². The van der Waals surface area contributed by atoms with E-state index in [4.69, 9.17) is 0 Å². The van der Waals surface area contributed by atoms with Crippen LogP contribution in [0.25, 0.3) is 0 Å². The van der Waals surface area contributed by atoms with Gasteiger partial charge in [-0.25, -0.2) is 4.39 Å². The fourth-order valence-electron chi connectivity index (χ4n) is 1.08. The highest BCUT2D eigenvalue weighted by molar-refractivity contribution is 9.10. The maximum absolute atomic E-state index is 13.1. The average molecular weight is 301 g/mol.